The fourth-order valence-corrected chi connectivity index (χ4v) is 0.990. The van der Waals surface area contributed by atoms with Gasteiger partial charge in [0, 0.05) is 13.6 Å². The summed E-state index contributed by atoms with van der Waals surface area (Å²) in [5.41, 5.74) is 0. The van der Waals surface area contributed by atoms with E-state index in [0.29, 0.717) is 6.54 Å². The Labute approximate surface area is 86.8 Å². The van der Waals surface area contributed by atoms with E-state index in [2.05, 4.69) is 21.2 Å². The van der Waals surface area contributed by atoms with Gasteiger partial charge in [-0.05, 0) is 13.8 Å². The molecule has 0 radical (unpaired) electrons. The maximum atomic E-state index is 11.4. The summed E-state index contributed by atoms with van der Waals surface area (Å²) in [6.45, 7) is 4.21. The number of rotatable bonds is 4. The molecule has 0 aliphatic heterocycles. The van der Waals surface area contributed by atoms with Crippen molar-refractivity contribution in [1.82, 2.24) is 10.2 Å². The second kappa shape index (κ2) is 5.96. The zero-order chi connectivity index (χ0) is 10.4. The molecular weight excluding hydrogens is 236 g/mol. The number of likely N-dealkylation sites (N-methyl/N-ethyl adjacent to an activating group) is 1. The highest BCUT2D eigenvalue weighted by atomic mass is 79.9. The van der Waals surface area contributed by atoms with Crippen LogP contribution in [-0.2, 0) is 9.59 Å². The summed E-state index contributed by atoms with van der Waals surface area (Å²) in [5.74, 6) is -0.248. The Morgan fingerprint density at radius 3 is 2.46 bits per heavy atom. The monoisotopic (exact) mass is 250 g/mol. The molecule has 1 atom stereocenters. The van der Waals surface area contributed by atoms with E-state index < -0.39 is 6.04 Å². The highest BCUT2D eigenvalue weighted by molar-refractivity contribution is 9.09. The maximum absolute atomic E-state index is 11.4. The van der Waals surface area contributed by atoms with Crippen molar-refractivity contribution in [3.63, 3.8) is 0 Å². The summed E-state index contributed by atoms with van der Waals surface area (Å²) in [6.07, 6.45) is 0. The molecule has 0 aliphatic rings. The third-order valence-corrected chi connectivity index (χ3v) is 2.23. The van der Waals surface area contributed by atoms with Crippen molar-refractivity contribution in [2.75, 3.05) is 18.9 Å². The van der Waals surface area contributed by atoms with Gasteiger partial charge in [0.25, 0.3) is 0 Å². The largest absolute Gasteiger partial charge is 0.344 e. The third kappa shape index (κ3) is 4.26. The van der Waals surface area contributed by atoms with Crippen LogP contribution in [0.25, 0.3) is 0 Å². The Bertz CT molecular complexity index is 197. The van der Waals surface area contributed by atoms with E-state index >= 15 is 0 Å². The molecule has 0 heterocycles. The Morgan fingerprint density at radius 2 is 2.08 bits per heavy atom. The lowest BCUT2D eigenvalue weighted by atomic mass is 10.3. The maximum Gasteiger partial charge on any atom is 0.244 e. The second-order valence-corrected chi connectivity index (χ2v) is 3.34. The Hall–Kier alpha value is -0.580. The highest BCUT2D eigenvalue weighted by Crippen LogP contribution is 1.92. The van der Waals surface area contributed by atoms with Crippen LogP contribution in [-0.4, -0.2) is 41.7 Å². The number of nitrogens with zero attached hydrogens (tertiary/aromatic N) is 1. The van der Waals surface area contributed by atoms with Crippen molar-refractivity contribution in [3.05, 3.63) is 0 Å². The lowest BCUT2D eigenvalue weighted by molar-refractivity contribution is -0.134. The first kappa shape index (κ1) is 12.4. The Morgan fingerprint density at radius 1 is 1.54 bits per heavy atom. The number of amides is 2. The fourth-order valence-electron chi connectivity index (χ4n) is 0.828. The van der Waals surface area contributed by atoms with Crippen molar-refractivity contribution >= 4 is 27.7 Å². The van der Waals surface area contributed by atoms with Crippen LogP contribution in [0.15, 0.2) is 0 Å². The number of nitrogens with one attached hydrogen (secondary N) is 1. The van der Waals surface area contributed by atoms with Gasteiger partial charge < -0.3 is 10.2 Å². The van der Waals surface area contributed by atoms with Crippen LogP contribution >= 0.6 is 15.9 Å². The molecule has 0 saturated heterocycles. The first-order chi connectivity index (χ1) is 6.02. The van der Waals surface area contributed by atoms with E-state index in [0.717, 1.165) is 0 Å². The van der Waals surface area contributed by atoms with Crippen molar-refractivity contribution in [2.24, 2.45) is 0 Å². The standard InChI is InChI=1S/C8H15BrN2O2/c1-4-11(3)8(13)6(2)10-7(12)5-9/h6H,4-5H2,1-3H3,(H,10,12). The van der Waals surface area contributed by atoms with Crippen molar-refractivity contribution in [3.8, 4) is 0 Å². The number of halogens is 1. The van der Waals surface area contributed by atoms with Gasteiger partial charge in [0.2, 0.25) is 11.8 Å². The summed E-state index contributed by atoms with van der Waals surface area (Å²) in [4.78, 5) is 23.9. The normalized spacial score (nSPS) is 12.0. The molecule has 0 aliphatic carbocycles. The van der Waals surface area contributed by atoms with Crippen LogP contribution in [0, 0.1) is 0 Å². The van der Waals surface area contributed by atoms with Gasteiger partial charge in [0.05, 0.1) is 5.33 Å². The minimum absolute atomic E-state index is 0.0724. The van der Waals surface area contributed by atoms with E-state index in [9.17, 15) is 9.59 Å². The smallest absolute Gasteiger partial charge is 0.244 e. The molecule has 13 heavy (non-hydrogen) atoms. The number of hydrogen-bond donors (Lipinski definition) is 1. The molecule has 0 aromatic heterocycles. The minimum atomic E-state index is -0.449. The quantitative estimate of drug-likeness (QED) is 0.733. The summed E-state index contributed by atoms with van der Waals surface area (Å²) in [7, 11) is 1.71. The molecule has 0 fully saturated rings. The Kier molecular flexibility index (Phi) is 5.70. The van der Waals surface area contributed by atoms with Gasteiger partial charge in [-0.2, -0.15) is 0 Å². The molecule has 76 valence electrons. The summed E-state index contributed by atoms with van der Waals surface area (Å²) < 4.78 is 0. The lowest BCUT2D eigenvalue weighted by Crippen LogP contribution is -2.45. The zero-order valence-electron chi connectivity index (χ0n) is 8.13. The summed E-state index contributed by atoms with van der Waals surface area (Å²) in [5, 5.41) is 2.79. The van der Waals surface area contributed by atoms with Crippen LogP contribution in [0.2, 0.25) is 0 Å². The molecule has 1 unspecified atom stereocenters. The number of carbonyl (C=O) groups is 2. The number of alkyl halides is 1. The van der Waals surface area contributed by atoms with E-state index in [1.807, 2.05) is 6.92 Å². The fraction of sp³-hybridized carbons (Fsp3) is 0.750. The van der Waals surface area contributed by atoms with Crippen molar-refractivity contribution in [1.29, 1.82) is 0 Å². The molecule has 2 amide bonds. The van der Waals surface area contributed by atoms with Crippen LogP contribution in [0.5, 0.6) is 0 Å². The molecule has 0 aromatic rings. The van der Waals surface area contributed by atoms with Crippen LogP contribution in [0.1, 0.15) is 13.8 Å². The molecule has 0 bridgehead atoms. The summed E-state index contributed by atoms with van der Waals surface area (Å²) in [6, 6.07) is -0.449. The van der Waals surface area contributed by atoms with Gasteiger partial charge >= 0.3 is 0 Å². The third-order valence-electron chi connectivity index (χ3n) is 1.72. The van der Waals surface area contributed by atoms with Gasteiger partial charge in [-0.1, -0.05) is 15.9 Å². The number of carbonyl (C=O) groups excluding carboxylic acids is 2. The highest BCUT2D eigenvalue weighted by Gasteiger charge is 2.17. The van der Waals surface area contributed by atoms with Crippen molar-refractivity contribution < 1.29 is 9.59 Å². The average molecular weight is 251 g/mol. The average Bonchev–Trinajstić information content (AvgIpc) is 2.14. The van der Waals surface area contributed by atoms with E-state index in [-0.39, 0.29) is 17.1 Å². The van der Waals surface area contributed by atoms with Gasteiger partial charge in [-0.15, -0.1) is 0 Å². The molecule has 4 nitrogen and oxygen atoms in total. The minimum Gasteiger partial charge on any atom is -0.344 e. The molecule has 0 saturated carbocycles. The summed E-state index contributed by atoms with van der Waals surface area (Å²) >= 11 is 3.01. The number of hydrogen-bond acceptors (Lipinski definition) is 2. The van der Waals surface area contributed by atoms with E-state index in [4.69, 9.17) is 0 Å². The van der Waals surface area contributed by atoms with Crippen LogP contribution in [0.3, 0.4) is 0 Å². The first-order valence-corrected chi connectivity index (χ1v) is 5.25. The van der Waals surface area contributed by atoms with Gasteiger partial charge in [-0.25, -0.2) is 0 Å². The molecule has 0 aromatic carbocycles. The second-order valence-electron chi connectivity index (χ2n) is 2.78. The van der Waals surface area contributed by atoms with Gasteiger partial charge in [0.15, 0.2) is 0 Å². The predicted molar refractivity (Wildman–Crippen MR) is 54.7 cm³/mol. The topological polar surface area (TPSA) is 49.4 Å². The van der Waals surface area contributed by atoms with Crippen LogP contribution in [0.4, 0.5) is 0 Å². The zero-order valence-corrected chi connectivity index (χ0v) is 9.72. The van der Waals surface area contributed by atoms with Gasteiger partial charge in [0.1, 0.15) is 6.04 Å². The molecule has 0 rings (SSSR count). The molecule has 1 N–H and O–H groups in total. The van der Waals surface area contributed by atoms with Crippen molar-refractivity contribution in [2.45, 2.75) is 19.9 Å². The molecular formula is C8H15BrN2O2. The molecule has 5 heteroatoms. The molecule has 0 spiro atoms. The van der Waals surface area contributed by atoms with E-state index in [1.165, 1.54) is 0 Å². The predicted octanol–water partition coefficient (Wildman–Crippen LogP) is 0.364. The van der Waals surface area contributed by atoms with Crippen LogP contribution < -0.4 is 5.32 Å². The Balaban J connectivity index is 4.03. The SMILES string of the molecule is CCN(C)C(=O)C(C)NC(=O)CBr. The first-order valence-electron chi connectivity index (χ1n) is 4.13. The van der Waals surface area contributed by atoms with Gasteiger partial charge in [-0.3, -0.25) is 9.59 Å². The lowest BCUT2D eigenvalue weighted by Gasteiger charge is -2.20. The van der Waals surface area contributed by atoms with E-state index in [1.54, 1.807) is 18.9 Å².